The summed E-state index contributed by atoms with van der Waals surface area (Å²) in [6.07, 6.45) is 9.39. The molecule has 0 aromatic carbocycles. The Morgan fingerprint density at radius 3 is 2.52 bits per heavy atom. The van der Waals surface area contributed by atoms with Crippen LogP contribution in [0, 0.1) is 12.3 Å². The van der Waals surface area contributed by atoms with E-state index in [1.165, 1.54) is 4.88 Å². The molecule has 2 aromatic rings. The molecular weight excluding hydrogens is 386 g/mol. The van der Waals surface area contributed by atoms with Gasteiger partial charge in [-0.3, -0.25) is 9.59 Å². The minimum absolute atomic E-state index is 0.0204. The molecule has 154 valence electrons. The smallest absolute Gasteiger partial charge is 0.289 e. The number of carbonyl (C=O) groups is 2. The fraction of sp³-hybridized carbons (Fsp3) is 0.619. The number of piperidine rings is 1. The van der Waals surface area contributed by atoms with Crippen molar-refractivity contribution in [3.63, 3.8) is 0 Å². The third-order valence-corrected chi connectivity index (χ3v) is 8.13. The maximum atomic E-state index is 13.4. The summed E-state index contributed by atoms with van der Waals surface area (Å²) in [6.45, 7) is 3.40. The Bertz CT molecular complexity index is 937. The first kappa shape index (κ1) is 18.8. The Hall–Kier alpha value is -2.22. The number of thiazole rings is 1. The van der Waals surface area contributed by atoms with E-state index < -0.39 is 0 Å². The van der Waals surface area contributed by atoms with E-state index in [-0.39, 0.29) is 23.4 Å². The van der Waals surface area contributed by atoms with Crippen molar-refractivity contribution in [3.8, 4) is 0 Å². The second-order valence-electron chi connectivity index (χ2n) is 8.67. The molecule has 0 radical (unpaired) electrons. The van der Waals surface area contributed by atoms with Gasteiger partial charge in [0.1, 0.15) is 0 Å². The van der Waals surface area contributed by atoms with Crippen LogP contribution in [0.2, 0.25) is 0 Å². The third-order valence-electron chi connectivity index (χ3n) is 7.15. The van der Waals surface area contributed by atoms with E-state index in [0.29, 0.717) is 24.8 Å². The maximum absolute atomic E-state index is 13.4. The summed E-state index contributed by atoms with van der Waals surface area (Å²) in [7, 11) is 1.84. The van der Waals surface area contributed by atoms with Gasteiger partial charge >= 0.3 is 0 Å². The van der Waals surface area contributed by atoms with Gasteiger partial charge < -0.3 is 14.4 Å². The normalized spacial score (nSPS) is 24.3. The molecule has 4 heterocycles. The van der Waals surface area contributed by atoms with Crippen LogP contribution < -0.4 is 0 Å². The Morgan fingerprint density at radius 2 is 1.93 bits per heavy atom. The number of likely N-dealkylation sites (tertiary alicyclic amines) is 2. The molecule has 1 aliphatic carbocycles. The van der Waals surface area contributed by atoms with Gasteiger partial charge in [-0.2, -0.15) is 0 Å². The van der Waals surface area contributed by atoms with Gasteiger partial charge in [-0.05, 0) is 32.6 Å². The van der Waals surface area contributed by atoms with Crippen molar-refractivity contribution < 1.29 is 9.59 Å². The van der Waals surface area contributed by atoms with Gasteiger partial charge in [0.15, 0.2) is 5.82 Å². The molecule has 0 N–H and O–H groups in total. The highest BCUT2D eigenvalue weighted by Crippen LogP contribution is 2.61. The minimum atomic E-state index is -0.197. The SMILES string of the molecule is Cc1ncsc1C1N(C2CCN(C(=O)c3nccn3C)CC2)C(=O)C12CCCC2. The standard InChI is InChI=1S/C21H27N5O2S/c1-14-16(29-13-23-14)17-21(7-3-4-8-21)20(28)26(17)15-5-10-25(11-6-15)19(27)18-22-9-12-24(18)2/h9,12-13,15,17H,3-8,10-11H2,1-2H3. The van der Waals surface area contributed by atoms with Crippen molar-refractivity contribution in [2.75, 3.05) is 13.1 Å². The second kappa shape index (κ2) is 6.93. The zero-order valence-corrected chi connectivity index (χ0v) is 17.8. The first-order valence-corrected chi connectivity index (χ1v) is 11.4. The highest BCUT2D eigenvalue weighted by Gasteiger charge is 2.64. The minimum Gasteiger partial charge on any atom is -0.336 e. The summed E-state index contributed by atoms with van der Waals surface area (Å²) in [5.41, 5.74) is 2.77. The molecule has 1 unspecified atom stereocenters. The lowest BCUT2D eigenvalue weighted by molar-refractivity contribution is -0.180. The van der Waals surface area contributed by atoms with Gasteiger partial charge in [0, 0.05) is 38.6 Å². The lowest BCUT2D eigenvalue weighted by Gasteiger charge is -2.58. The number of nitrogens with zero attached hydrogens (tertiary/aromatic N) is 5. The largest absolute Gasteiger partial charge is 0.336 e. The highest BCUT2D eigenvalue weighted by molar-refractivity contribution is 7.09. The first-order chi connectivity index (χ1) is 14.0. The molecule has 1 spiro atoms. The van der Waals surface area contributed by atoms with Crippen molar-refractivity contribution in [1.29, 1.82) is 0 Å². The van der Waals surface area contributed by atoms with Crippen LogP contribution >= 0.6 is 11.3 Å². The Morgan fingerprint density at radius 1 is 1.21 bits per heavy atom. The molecule has 3 fully saturated rings. The van der Waals surface area contributed by atoms with Crippen LogP contribution in [0.5, 0.6) is 0 Å². The molecule has 3 aliphatic rings. The van der Waals surface area contributed by atoms with E-state index in [0.717, 1.165) is 44.2 Å². The van der Waals surface area contributed by atoms with Gasteiger partial charge in [0.25, 0.3) is 5.91 Å². The monoisotopic (exact) mass is 413 g/mol. The van der Waals surface area contributed by atoms with Crippen LogP contribution in [0.4, 0.5) is 0 Å². The predicted molar refractivity (Wildman–Crippen MR) is 109 cm³/mol. The number of aromatic nitrogens is 3. The number of aryl methyl sites for hydroxylation is 2. The van der Waals surface area contributed by atoms with Crippen molar-refractivity contribution >= 4 is 23.2 Å². The van der Waals surface area contributed by atoms with Crippen LogP contribution in [0.25, 0.3) is 0 Å². The summed E-state index contributed by atoms with van der Waals surface area (Å²) in [4.78, 5) is 40.1. The summed E-state index contributed by atoms with van der Waals surface area (Å²) >= 11 is 1.69. The van der Waals surface area contributed by atoms with E-state index >= 15 is 0 Å². The molecule has 29 heavy (non-hydrogen) atoms. The molecule has 5 rings (SSSR count). The number of carbonyl (C=O) groups excluding carboxylic acids is 2. The Labute approximate surface area is 174 Å². The summed E-state index contributed by atoms with van der Waals surface area (Å²) in [5.74, 6) is 0.793. The second-order valence-corrected chi connectivity index (χ2v) is 9.55. The third kappa shape index (κ3) is 2.75. The summed E-state index contributed by atoms with van der Waals surface area (Å²) < 4.78 is 1.76. The van der Waals surface area contributed by atoms with E-state index in [2.05, 4.69) is 21.8 Å². The molecule has 7 nitrogen and oxygen atoms in total. The molecule has 2 saturated heterocycles. The number of amides is 2. The molecule has 2 amide bonds. The molecule has 2 aromatic heterocycles. The molecule has 2 aliphatic heterocycles. The van der Waals surface area contributed by atoms with E-state index in [1.807, 2.05) is 17.5 Å². The van der Waals surface area contributed by atoms with Gasteiger partial charge in [-0.1, -0.05) is 12.8 Å². The lowest BCUT2D eigenvalue weighted by atomic mass is 9.67. The molecular formula is C21H27N5O2S. The van der Waals surface area contributed by atoms with Crippen LogP contribution in [-0.4, -0.2) is 55.3 Å². The quantitative estimate of drug-likeness (QED) is 0.726. The van der Waals surface area contributed by atoms with Crippen molar-refractivity contribution in [2.45, 2.75) is 57.5 Å². The topological polar surface area (TPSA) is 71.3 Å². The van der Waals surface area contributed by atoms with E-state index in [9.17, 15) is 9.59 Å². The fourth-order valence-corrected chi connectivity index (χ4v) is 6.59. The van der Waals surface area contributed by atoms with E-state index in [1.54, 1.807) is 28.3 Å². The number of imidazole rings is 1. The number of hydrogen-bond donors (Lipinski definition) is 0. The molecule has 0 bridgehead atoms. The highest BCUT2D eigenvalue weighted by atomic mass is 32.1. The van der Waals surface area contributed by atoms with Gasteiger partial charge in [0.2, 0.25) is 5.91 Å². The van der Waals surface area contributed by atoms with Crippen molar-refractivity contribution in [3.05, 3.63) is 34.3 Å². The van der Waals surface area contributed by atoms with Crippen LogP contribution in [0.3, 0.4) is 0 Å². The maximum Gasteiger partial charge on any atom is 0.289 e. The fourth-order valence-electron chi connectivity index (χ4n) is 5.57. The van der Waals surface area contributed by atoms with Crippen LogP contribution in [0.15, 0.2) is 17.9 Å². The van der Waals surface area contributed by atoms with Crippen molar-refractivity contribution in [2.24, 2.45) is 12.5 Å². The Balaban J connectivity index is 1.33. The number of β-lactam (4-membered cyclic amide) rings is 1. The predicted octanol–water partition coefficient (Wildman–Crippen LogP) is 2.93. The molecule has 1 atom stereocenters. The van der Waals surface area contributed by atoms with Crippen LogP contribution in [0.1, 0.15) is 65.8 Å². The molecule has 8 heteroatoms. The van der Waals surface area contributed by atoms with E-state index in [4.69, 9.17) is 0 Å². The average Bonchev–Trinajstić information content (AvgIpc) is 3.47. The summed E-state index contributed by atoms with van der Waals surface area (Å²) in [5, 5.41) is 0. The van der Waals surface area contributed by atoms with Gasteiger partial charge in [-0.25, -0.2) is 9.97 Å². The van der Waals surface area contributed by atoms with Crippen LogP contribution in [-0.2, 0) is 11.8 Å². The zero-order chi connectivity index (χ0) is 20.2. The zero-order valence-electron chi connectivity index (χ0n) is 17.0. The number of rotatable bonds is 3. The first-order valence-electron chi connectivity index (χ1n) is 10.5. The van der Waals surface area contributed by atoms with Gasteiger partial charge in [-0.15, -0.1) is 11.3 Å². The summed E-state index contributed by atoms with van der Waals surface area (Å²) in [6, 6.07) is 0.373. The molecule has 1 saturated carbocycles. The van der Waals surface area contributed by atoms with Crippen molar-refractivity contribution in [1.82, 2.24) is 24.3 Å². The van der Waals surface area contributed by atoms with Gasteiger partial charge in [0.05, 0.1) is 27.5 Å². The lowest BCUT2D eigenvalue weighted by Crippen LogP contribution is -2.66. The number of hydrogen-bond acceptors (Lipinski definition) is 5. The Kier molecular flexibility index (Phi) is 4.49. The average molecular weight is 414 g/mol.